The van der Waals surface area contributed by atoms with Crippen molar-refractivity contribution in [2.24, 2.45) is 0 Å². The van der Waals surface area contributed by atoms with Crippen molar-refractivity contribution in [3.05, 3.63) is 21.6 Å². The molecular weight excluding hydrogens is 186 g/mol. The van der Waals surface area contributed by atoms with E-state index in [1.165, 1.54) is 4.90 Å². The van der Waals surface area contributed by atoms with Crippen LogP contribution in [0.1, 0.15) is 19.3 Å². The Morgan fingerprint density at radius 3 is 2.93 bits per heavy atom. The Morgan fingerprint density at radius 1 is 1.43 bits per heavy atom. The van der Waals surface area contributed by atoms with Gasteiger partial charge in [-0.15, -0.1) is 0 Å². The van der Waals surface area contributed by atoms with E-state index in [1.54, 1.807) is 0 Å². The molecule has 0 unspecified atom stereocenters. The van der Waals surface area contributed by atoms with E-state index in [1.807, 2.05) is 0 Å². The molecule has 0 bridgehead atoms. The summed E-state index contributed by atoms with van der Waals surface area (Å²) in [4.78, 5) is 23.2. The molecule has 0 aromatic heterocycles. The largest absolute Gasteiger partial charge is 0.366 e. The Bertz CT molecular complexity index is 324. The van der Waals surface area contributed by atoms with Gasteiger partial charge in [-0.2, -0.15) is 0 Å². The van der Waals surface area contributed by atoms with Crippen molar-refractivity contribution in [1.82, 2.24) is 10.2 Å². The number of nitro groups is 1. The smallest absolute Gasteiger partial charge is 0.286 e. The van der Waals surface area contributed by atoms with Crippen LogP contribution in [0.15, 0.2) is 11.5 Å². The Kier molecular flexibility index (Phi) is 2.11. The number of nitrogens with zero attached hydrogens (tertiary/aromatic N) is 2. The molecule has 0 aromatic rings. The van der Waals surface area contributed by atoms with Crippen LogP contribution in [0.2, 0.25) is 0 Å². The van der Waals surface area contributed by atoms with Gasteiger partial charge >= 0.3 is 0 Å². The summed E-state index contributed by atoms with van der Waals surface area (Å²) in [7, 11) is 0. The summed E-state index contributed by atoms with van der Waals surface area (Å²) in [6, 6.07) is 0. The van der Waals surface area contributed by atoms with Crippen LogP contribution >= 0.6 is 0 Å². The average molecular weight is 197 g/mol. The minimum atomic E-state index is -0.396. The number of rotatable bonds is 1. The van der Waals surface area contributed by atoms with Crippen LogP contribution in [0.25, 0.3) is 0 Å². The first-order valence-corrected chi connectivity index (χ1v) is 4.62. The van der Waals surface area contributed by atoms with Gasteiger partial charge in [-0.3, -0.25) is 19.8 Å². The third-order valence-corrected chi connectivity index (χ3v) is 2.49. The Labute approximate surface area is 80.7 Å². The molecule has 1 saturated heterocycles. The summed E-state index contributed by atoms with van der Waals surface area (Å²) in [5, 5.41) is 13.6. The van der Waals surface area contributed by atoms with E-state index < -0.39 is 4.92 Å². The van der Waals surface area contributed by atoms with Crippen molar-refractivity contribution in [3.8, 4) is 0 Å². The predicted molar refractivity (Wildman–Crippen MR) is 47.6 cm³/mol. The summed E-state index contributed by atoms with van der Waals surface area (Å²) < 4.78 is 0. The topological polar surface area (TPSA) is 75.5 Å². The van der Waals surface area contributed by atoms with Crippen LogP contribution in [-0.2, 0) is 4.79 Å². The summed E-state index contributed by atoms with van der Waals surface area (Å²) in [6.45, 7) is 1.30. The van der Waals surface area contributed by atoms with Gasteiger partial charge in [0.15, 0.2) is 5.82 Å². The first kappa shape index (κ1) is 8.98. The van der Waals surface area contributed by atoms with Crippen molar-refractivity contribution in [1.29, 1.82) is 0 Å². The Hall–Kier alpha value is -1.59. The molecule has 1 fully saturated rings. The van der Waals surface area contributed by atoms with Crippen LogP contribution in [-0.4, -0.2) is 28.8 Å². The lowest BCUT2D eigenvalue weighted by molar-refractivity contribution is -0.431. The number of hydrogen-bond acceptors (Lipinski definition) is 4. The molecule has 0 spiro atoms. The van der Waals surface area contributed by atoms with Gasteiger partial charge in [0.2, 0.25) is 5.91 Å². The number of amides is 1. The number of carbonyl (C=O) groups excluding carboxylic acids is 1. The lowest BCUT2D eigenvalue weighted by atomic mass is 10.1. The van der Waals surface area contributed by atoms with Crippen molar-refractivity contribution in [3.63, 3.8) is 0 Å². The van der Waals surface area contributed by atoms with E-state index in [0.29, 0.717) is 18.9 Å². The monoisotopic (exact) mass is 197 g/mol. The molecule has 0 saturated carbocycles. The zero-order valence-corrected chi connectivity index (χ0v) is 7.65. The van der Waals surface area contributed by atoms with Crippen molar-refractivity contribution < 1.29 is 9.72 Å². The SMILES string of the molecule is O=C1CCC([N+](=O)[O-])=C2NCCCN12. The van der Waals surface area contributed by atoms with Gasteiger partial charge < -0.3 is 5.32 Å². The number of allylic oxidation sites excluding steroid dienone is 1. The van der Waals surface area contributed by atoms with E-state index in [2.05, 4.69) is 5.32 Å². The number of carbonyl (C=O) groups is 1. The van der Waals surface area contributed by atoms with E-state index in [0.717, 1.165) is 6.42 Å². The lowest BCUT2D eigenvalue weighted by Crippen LogP contribution is -2.46. The summed E-state index contributed by atoms with van der Waals surface area (Å²) >= 11 is 0. The van der Waals surface area contributed by atoms with Crippen LogP contribution < -0.4 is 5.32 Å². The highest BCUT2D eigenvalue weighted by molar-refractivity contribution is 5.79. The highest BCUT2D eigenvalue weighted by atomic mass is 16.6. The molecule has 14 heavy (non-hydrogen) atoms. The Morgan fingerprint density at radius 2 is 2.21 bits per heavy atom. The molecule has 0 aliphatic carbocycles. The predicted octanol–water partition coefficient (Wildman–Crippen LogP) is 0.0479. The highest BCUT2D eigenvalue weighted by Gasteiger charge is 2.34. The molecule has 0 radical (unpaired) electrons. The third kappa shape index (κ3) is 1.32. The third-order valence-electron chi connectivity index (χ3n) is 2.49. The van der Waals surface area contributed by atoms with E-state index in [9.17, 15) is 14.9 Å². The molecule has 2 aliphatic heterocycles. The van der Waals surface area contributed by atoms with Gasteiger partial charge in [0.1, 0.15) is 0 Å². The minimum absolute atomic E-state index is 0.0159. The minimum Gasteiger partial charge on any atom is -0.366 e. The van der Waals surface area contributed by atoms with Crippen molar-refractivity contribution in [2.75, 3.05) is 13.1 Å². The molecule has 2 aliphatic rings. The van der Waals surface area contributed by atoms with Gasteiger partial charge in [0.05, 0.1) is 11.3 Å². The molecule has 76 valence electrons. The number of fused-ring (bicyclic) bond motifs is 1. The quantitative estimate of drug-likeness (QED) is 0.476. The van der Waals surface area contributed by atoms with Gasteiger partial charge in [-0.25, -0.2) is 0 Å². The molecule has 2 rings (SSSR count). The number of hydrogen-bond donors (Lipinski definition) is 1. The van der Waals surface area contributed by atoms with Crippen LogP contribution in [0.5, 0.6) is 0 Å². The number of nitrogens with one attached hydrogen (secondary N) is 1. The second kappa shape index (κ2) is 3.28. The molecule has 6 nitrogen and oxygen atoms in total. The van der Waals surface area contributed by atoms with Crippen LogP contribution in [0.4, 0.5) is 0 Å². The van der Waals surface area contributed by atoms with E-state index >= 15 is 0 Å². The summed E-state index contributed by atoms with van der Waals surface area (Å²) in [6.07, 6.45) is 1.34. The molecule has 6 heteroatoms. The molecule has 0 aromatic carbocycles. The van der Waals surface area contributed by atoms with Gasteiger partial charge in [-0.05, 0) is 6.42 Å². The van der Waals surface area contributed by atoms with E-state index in [-0.39, 0.29) is 24.4 Å². The summed E-state index contributed by atoms with van der Waals surface area (Å²) in [5.41, 5.74) is 0.143. The first-order valence-electron chi connectivity index (χ1n) is 4.62. The standard InChI is InChI=1S/C8H11N3O3/c12-7-3-2-6(11(13)14)8-9-4-1-5-10(7)8/h9H,1-5H2. The fraction of sp³-hybridized carbons (Fsp3) is 0.625. The molecule has 0 atom stereocenters. The normalized spacial score (nSPS) is 21.7. The van der Waals surface area contributed by atoms with Crippen LogP contribution in [0.3, 0.4) is 0 Å². The fourth-order valence-corrected chi connectivity index (χ4v) is 1.81. The Balaban J connectivity index is 2.36. The van der Waals surface area contributed by atoms with Gasteiger partial charge in [0, 0.05) is 19.5 Å². The zero-order chi connectivity index (χ0) is 10.1. The van der Waals surface area contributed by atoms with Gasteiger partial charge in [-0.1, -0.05) is 0 Å². The zero-order valence-electron chi connectivity index (χ0n) is 7.65. The second-order valence-corrected chi connectivity index (χ2v) is 3.38. The van der Waals surface area contributed by atoms with E-state index in [4.69, 9.17) is 0 Å². The maximum absolute atomic E-state index is 11.4. The lowest BCUT2D eigenvalue weighted by Gasteiger charge is -2.32. The van der Waals surface area contributed by atoms with Gasteiger partial charge in [0.25, 0.3) is 5.70 Å². The average Bonchev–Trinajstić information content (AvgIpc) is 2.18. The maximum atomic E-state index is 11.4. The van der Waals surface area contributed by atoms with Crippen LogP contribution in [0, 0.1) is 10.1 Å². The summed E-state index contributed by atoms with van der Waals surface area (Å²) in [5.74, 6) is 0.398. The molecule has 2 heterocycles. The molecule has 1 N–H and O–H groups in total. The molecule has 1 amide bonds. The fourth-order valence-electron chi connectivity index (χ4n) is 1.81. The molecular formula is C8H11N3O3. The second-order valence-electron chi connectivity index (χ2n) is 3.38. The van der Waals surface area contributed by atoms with Crippen molar-refractivity contribution in [2.45, 2.75) is 19.3 Å². The first-order chi connectivity index (χ1) is 6.70. The van der Waals surface area contributed by atoms with Crippen molar-refractivity contribution >= 4 is 5.91 Å². The highest BCUT2D eigenvalue weighted by Crippen LogP contribution is 2.23. The maximum Gasteiger partial charge on any atom is 0.286 e.